The van der Waals surface area contributed by atoms with Crippen LogP contribution >= 0.6 is 11.6 Å². The molecule has 0 spiro atoms. The second kappa shape index (κ2) is 9.32. The van der Waals surface area contributed by atoms with Crippen molar-refractivity contribution < 1.29 is 19.1 Å². The van der Waals surface area contributed by atoms with Gasteiger partial charge in [0, 0.05) is 10.7 Å². The molecule has 3 aromatic carbocycles. The SMILES string of the molecule is Cc1ccc(OCC(=O)Nc2ccc3c(c2)N(Cc2ccccc2Cl)C(=O)C(C)O3)cc1. The molecule has 0 radical (unpaired) electrons. The monoisotopic (exact) mass is 450 g/mol. The normalized spacial score (nSPS) is 15.0. The largest absolute Gasteiger partial charge is 0.484 e. The van der Waals surface area contributed by atoms with Gasteiger partial charge in [-0.25, -0.2) is 0 Å². The van der Waals surface area contributed by atoms with Crippen LogP contribution in [0.4, 0.5) is 11.4 Å². The molecule has 6 nitrogen and oxygen atoms in total. The van der Waals surface area contributed by atoms with E-state index in [4.69, 9.17) is 21.1 Å². The molecule has 2 amide bonds. The first kappa shape index (κ1) is 21.7. The zero-order valence-electron chi connectivity index (χ0n) is 17.8. The first-order chi connectivity index (χ1) is 15.4. The van der Waals surface area contributed by atoms with Gasteiger partial charge in [-0.1, -0.05) is 47.5 Å². The minimum Gasteiger partial charge on any atom is -0.484 e. The minimum absolute atomic E-state index is 0.129. The Hall–Kier alpha value is -3.51. The van der Waals surface area contributed by atoms with Crippen molar-refractivity contribution in [3.05, 3.63) is 82.9 Å². The first-order valence-corrected chi connectivity index (χ1v) is 10.6. The average Bonchev–Trinajstić information content (AvgIpc) is 2.78. The zero-order chi connectivity index (χ0) is 22.7. The van der Waals surface area contributed by atoms with Crippen LogP contribution in [0.25, 0.3) is 0 Å². The van der Waals surface area contributed by atoms with Crippen molar-refractivity contribution in [3.8, 4) is 11.5 Å². The van der Waals surface area contributed by atoms with Gasteiger partial charge in [0.1, 0.15) is 11.5 Å². The maximum atomic E-state index is 12.9. The smallest absolute Gasteiger partial charge is 0.268 e. The Morgan fingerprint density at radius 2 is 1.88 bits per heavy atom. The fraction of sp³-hybridized carbons (Fsp3) is 0.200. The van der Waals surface area contributed by atoms with Crippen molar-refractivity contribution in [1.82, 2.24) is 0 Å². The summed E-state index contributed by atoms with van der Waals surface area (Å²) >= 11 is 6.31. The predicted octanol–water partition coefficient (Wildman–Crippen LogP) is 4.98. The summed E-state index contributed by atoms with van der Waals surface area (Å²) in [4.78, 5) is 26.9. The molecule has 1 heterocycles. The predicted molar refractivity (Wildman–Crippen MR) is 124 cm³/mol. The van der Waals surface area contributed by atoms with Crippen LogP contribution in [-0.4, -0.2) is 24.5 Å². The number of nitrogens with zero attached hydrogens (tertiary/aromatic N) is 1. The maximum absolute atomic E-state index is 12.9. The van der Waals surface area contributed by atoms with Crippen LogP contribution in [0.15, 0.2) is 66.7 Å². The third-order valence-electron chi connectivity index (χ3n) is 5.13. The number of nitrogens with one attached hydrogen (secondary N) is 1. The molecule has 0 saturated heterocycles. The molecule has 0 aliphatic carbocycles. The highest BCUT2D eigenvalue weighted by atomic mass is 35.5. The van der Waals surface area contributed by atoms with E-state index in [1.807, 2.05) is 49.4 Å². The summed E-state index contributed by atoms with van der Waals surface area (Å²) in [5, 5.41) is 3.39. The number of hydrogen-bond acceptors (Lipinski definition) is 4. The van der Waals surface area contributed by atoms with Crippen LogP contribution < -0.4 is 19.7 Å². The highest BCUT2D eigenvalue weighted by Crippen LogP contribution is 2.37. The molecule has 0 saturated carbocycles. The Morgan fingerprint density at radius 1 is 1.12 bits per heavy atom. The third-order valence-corrected chi connectivity index (χ3v) is 5.50. The van der Waals surface area contributed by atoms with Gasteiger partial charge in [0.05, 0.1) is 12.2 Å². The van der Waals surface area contributed by atoms with Gasteiger partial charge in [0.25, 0.3) is 11.8 Å². The van der Waals surface area contributed by atoms with Crippen molar-refractivity contribution in [3.63, 3.8) is 0 Å². The maximum Gasteiger partial charge on any atom is 0.268 e. The van der Waals surface area contributed by atoms with Gasteiger partial charge >= 0.3 is 0 Å². The molecule has 1 atom stereocenters. The zero-order valence-corrected chi connectivity index (χ0v) is 18.6. The van der Waals surface area contributed by atoms with Gasteiger partial charge in [-0.15, -0.1) is 0 Å². The van der Waals surface area contributed by atoms with Gasteiger partial charge in [-0.2, -0.15) is 0 Å². The number of aryl methyl sites for hydroxylation is 1. The molecule has 164 valence electrons. The van der Waals surface area contributed by atoms with E-state index in [0.29, 0.717) is 34.4 Å². The van der Waals surface area contributed by atoms with Crippen molar-refractivity contribution >= 4 is 34.8 Å². The van der Waals surface area contributed by atoms with E-state index in [-0.39, 0.29) is 18.4 Å². The summed E-state index contributed by atoms with van der Waals surface area (Å²) in [6, 6.07) is 20.1. The van der Waals surface area contributed by atoms with Crippen molar-refractivity contribution in [2.45, 2.75) is 26.5 Å². The van der Waals surface area contributed by atoms with Gasteiger partial charge < -0.3 is 19.7 Å². The number of hydrogen-bond donors (Lipinski definition) is 1. The lowest BCUT2D eigenvalue weighted by atomic mass is 10.1. The molecule has 1 unspecified atom stereocenters. The third kappa shape index (κ3) is 4.86. The molecule has 3 aromatic rings. The molecule has 1 N–H and O–H groups in total. The standard InChI is InChI=1S/C25H23ClN2O4/c1-16-7-10-20(11-8-16)31-15-24(29)27-19-9-12-23-22(13-19)28(25(30)17(2)32-23)14-18-5-3-4-6-21(18)26/h3-13,17H,14-15H2,1-2H3,(H,27,29). The quantitative estimate of drug-likeness (QED) is 0.575. The number of halogens is 1. The van der Waals surface area contributed by atoms with Crippen LogP contribution in [-0.2, 0) is 16.1 Å². The molecule has 0 aromatic heterocycles. The minimum atomic E-state index is -0.617. The molecule has 7 heteroatoms. The molecule has 0 fully saturated rings. The van der Waals surface area contributed by atoms with Crippen LogP contribution in [0.5, 0.6) is 11.5 Å². The number of anilines is 2. The van der Waals surface area contributed by atoms with Crippen molar-refractivity contribution in [1.29, 1.82) is 0 Å². The lowest BCUT2D eigenvalue weighted by Gasteiger charge is -2.33. The number of fused-ring (bicyclic) bond motifs is 1. The fourth-order valence-electron chi connectivity index (χ4n) is 3.43. The van der Waals surface area contributed by atoms with Crippen LogP contribution in [0.1, 0.15) is 18.1 Å². The molecular weight excluding hydrogens is 428 g/mol. The Balaban J connectivity index is 1.50. The van der Waals surface area contributed by atoms with E-state index in [1.165, 1.54) is 0 Å². The van der Waals surface area contributed by atoms with Gasteiger partial charge in [0.15, 0.2) is 12.7 Å². The number of carbonyl (C=O) groups excluding carboxylic acids is 2. The lowest BCUT2D eigenvalue weighted by molar-refractivity contribution is -0.125. The van der Waals surface area contributed by atoms with Gasteiger partial charge in [0.2, 0.25) is 0 Å². The molecule has 1 aliphatic rings. The Morgan fingerprint density at radius 3 is 2.62 bits per heavy atom. The van der Waals surface area contributed by atoms with E-state index >= 15 is 0 Å². The highest BCUT2D eigenvalue weighted by Gasteiger charge is 2.32. The summed E-state index contributed by atoms with van der Waals surface area (Å²) in [6.07, 6.45) is -0.617. The number of carbonyl (C=O) groups is 2. The highest BCUT2D eigenvalue weighted by molar-refractivity contribution is 6.31. The molecule has 32 heavy (non-hydrogen) atoms. The Labute approximate surface area is 191 Å². The van der Waals surface area contributed by atoms with E-state index in [0.717, 1.165) is 11.1 Å². The van der Waals surface area contributed by atoms with E-state index in [9.17, 15) is 9.59 Å². The number of benzene rings is 3. The number of ether oxygens (including phenoxy) is 2. The average molecular weight is 451 g/mol. The van der Waals surface area contributed by atoms with Crippen LogP contribution in [0.3, 0.4) is 0 Å². The lowest BCUT2D eigenvalue weighted by Crippen LogP contribution is -2.44. The molecule has 1 aliphatic heterocycles. The summed E-state index contributed by atoms with van der Waals surface area (Å²) < 4.78 is 11.3. The summed E-state index contributed by atoms with van der Waals surface area (Å²) in [5.74, 6) is 0.705. The summed E-state index contributed by atoms with van der Waals surface area (Å²) in [5.41, 5.74) is 3.05. The van der Waals surface area contributed by atoms with E-state index in [1.54, 1.807) is 36.1 Å². The Kier molecular flexibility index (Phi) is 6.32. The Bertz CT molecular complexity index is 1150. The molecule has 0 bridgehead atoms. The second-order valence-electron chi connectivity index (χ2n) is 7.61. The second-order valence-corrected chi connectivity index (χ2v) is 8.02. The van der Waals surface area contributed by atoms with Crippen LogP contribution in [0, 0.1) is 6.92 Å². The summed E-state index contributed by atoms with van der Waals surface area (Å²) in [7, 11) is 0. The molecule has 4 rings (SSSR count). The van der Waals surface area contributed by atoms with E-state index in [2.05, 4.69) is 5.32 Å². The van der Waals surface area contributed by atoms with E-state index < -0.39 is 6.10 Å². The first-order valence-electron chi connectivity index (χ1n) is 10.3. The van der Waals surface area contributed by atoms with Crippen molar-refractivity contribution in [2.75, 3.05) is 16.8 Å². The van der Waals surface area contributed by atoms with Crippen molar-refractivity contribution in [2.24, 2.45) is 0 Å². The topological polar surface area (TPSA) is 67.9 Å². The summed E-state index contributed by atoms with van der Waals surface area (Å²) in [6.45, 7) is 3.86. The van der Waals surface area contributed by atoms with Gasteiger partial charge in [-0.05, 0) is 55.8 Å². The van der Waals surface area contributed by atoms with Gasteiger partial charge in [-0.3, -0.25) is 9.59 Å². The fourth-order valence-corrected chi connectivity index (χ4v) is 3.62. The number of amides is 2. The molecular formula is C25H23ClN2O4. The van der Waals surface area contributed by atoms with Crippen LogP contribution in [0.2, 0.25) is 5.02 Å². The number of rotatable bonds is 6.